The molecular weight excluding hydrogens is 362 g/mol. The average Bonchev–Trinajstić information content (AvgIpc) is 3.17. The van der Waals surface area contributed by atoms with Crippen molar-refractivity contribution < 1.29 is 9.72 Å². The monoisotopic (exact) mass is 377 g/mol. The highest BCUT2D eigenvalue weighted by Crippen LogP contribution is 2.16. The predicted molar refractivity (Wildman–Crippen MR) is 102 cm³/mol. The first kappa shape index (κ1) is 17.5. The molecule has 3 aromatic rings. The van der Waals surface area contributed by atoms with Crippen molar-refractivity contribution in [3.8, 4) is 0 Å². The van der Waals surface area contributed by atoms with Crippen LogP contribution in [0.2, 0.25) is 0 Å². The number of rotatable bonds is 4. The van der Waals surface area contributed by atoms with Crippen LogP contribution in [0.25, 0.3) is 10.9 Å². The fraction of sp³-hybridized carbons (Fsp3) is 0.158. The van der Waals surface area contributed by atoms with Crippen LogP contribution in [0.5, 0.6) is 0 Å². The van der Waals surface area contributed by atoms with E-state index in [1.54, 1.807) is 22.8 Å². The quantitative estimate of drug-likeness (QED) is 0.424. The highest BCUT2D eigenvalue weighted by atomic mass is 16.6. The van der Waals surface area contributed by atoms with E-state index in [9.17, 15) is 19.7 Å². The summed E-state index contributed by atoms with van der Waals surface area (Å²) in [5.74, 6) is 0.300. The fourth-order valence-electron chi connectivity index (χ4n) is 3.14. The Morgan fingerprint density at radius 2 is 2.04 bits per heavy atom. The largest absolute Gasteiger partial charge is 0.296 e. The van der Waals surface area contributed by atoms with E-state index in [1.807, 2.05) is 0 Å². The van der Waals surface area contributed by atoms with Gasteiger partial charge in [0, 0.05) is 30.7 Å². The maximum Gasteiger partial charge on any atom is 0.271 e. The minimum Gasteiger partial charge on any atom is -0.296 e. The molecule has 1 aromatic heterocycles. The Kier molecular flexibility index (Phi) is 4.40. The van der Waals surface area contributed by atoms with Crippen LogP contribution in [0.4, 0.5) is 5.69 Å². The molecule has 4 rings (SSSR count). The molecule has 0 saturated carbocycles. The van der Waals surface area contributed by atoms with Crippen LogP contribution in [0, 0.1) is 10.1 Å². The molecule has 0 saturated heterocycles. The SMILES string of the molecule is O=C(N/N=C\c1ccc([N+](=O)[O-])cc1)c1ccc2c(=O)n3c(nc2c1)CCC3. The van der Waals surface area contributed by atoms with Crippen LogP contribution >= 0.6 is 0 Å². The maximum absolute atomic E-state index is 12.5. The van der Waals surface area contributed by atoms with Crippen LogP contribution in [0.15, 0.2) is 52.4 Å². The molecule has 0 unspecified atom stereocenters. The molecule has 2 heterocycles. The molecule has 0 radical (unpaired) electrons. The highest BCUT2D eigenvalue weighted by molar-refractivity contribution is 5.98. The lowest BCUT2D eigenvalue weighted by atomic mass is 10.1. The van der Waals surface area contributed by atoms with Crippen molar-refractivity contribution >= 4 is 28.7 Å². The molecule has 0 atom stereocenters. The smallest absolute Gasteiger partial charge is 0.271 e. The predicted octanol–water partition coefficient (Wildman–Crippen LogP) is 2.01. The van der Waals surface area contributed by atoms with E-state index in [1.165, 1.54) is 30.5 Å². The summed E-state index contributed by atoms with van der Waals surface area (Å²) < 4.78 is 1.68. The second-order valence-corrected chi connectivity index (χ2v) is 6.37. The number of carbonyl (C=O) groups excluding carboxylic acids is 1. The molecule has 1 aliphatic heterocycles. The van der Waals surface area contributed by atoms with Gasteiger partial charge in [-0.05, 0) is 42.3 Å². The normalized spacial score (nSPS) is 13.0. The van der Waals surface area contributed by atoms with Crippen LogP contribution in [-0.4, -0.2) is 26.6 Å². The van der Waals surface area contributed by atoms with E-state index in [2.05, 4.69) is 15.5 Å². The third kappa shape index (κ3) is 3.25. The van der Waals surface area contributed by atoms with Crippen LogP contribution < -0.4 is 11.0 Å². The molecule has 1 N–H and O–H groups in total. The Bertz CT molecular complexity index is 1180. The number of carbonyl (C=O) groups is 1. The Hall–Kier alpha value is -3.88. The molecule has 1 amide bonds. The number of fused-ring (bicyclic) bond motifs is 2. The zero-order valence-corrected chi connectivity index (χ0v) is 14.7. The lowest BCUT2D eigenvalue weighted by molar-refractivity contribution is -0.384. The third-order valence-corrected chi connectivity index (χ3v) is 4.56. The van der Waals surface area contributed by atoms with E-state index in [-0.39, 0.29) is 11.2 Å². The Morgan fingerprint density at radius 1 is 1.25 bits per heavy atom. The van der Waals surface area contributed by atoms with Gasteiger partial charge in [-0.15, -0.1) is 0 Å². The van der Waals surface area contributed by atoms with Crippen molar-refractivity contribution in [2.75, 3.05) is 0 Å². The molecule has 1 aliphatic rings. The van der Waals surface area contributed by atoms with Crippen molar-refractivity contribution in [3.05, 3.63) is 79.9 Å². The summed E-state index contributed by atoms with van der Waals surface area (Å²) in [4.78, 5) is 39.4. The van der Waals surface area contributed by atoms with E-state index < -0.39 is 10.8 Å². The summed E-state index contributed by atoms with van der Waals surface area (Å²) in [6.07, 6.45) is 3.03. The number of non-ortho nitro benzene ring substituents is 1. The molecule has 140 valence electrons. The van der Waals surface area contributed by atoms with Crippen molar-refractivity contribution in [1.82, 2.24) is 15.0 Å². The van der Waals surface area contributed by atoms with Crippen molar-refractivity contribution in [2.24, 2.45) is 5.10 Å². The molecule has 9 nitrogen and oxygen atoms in total. The molecular formula is C19H15N5O4. The summed E-state index contributed by atoms with van der Waals surface area (Å²) >= 11 is 0. The van der Waals surface area contributed by atoms with Gasteiger partial charge in [0.15, 0.2) is 0 Å². The number of nitro groups is 1. The first-order valence-corrected chi connectivity index (χ1v) is 8.64. The lowest BCUT2D eigenvalue weighted by Crippen LogP contribution is -2.22. The first-order chi connectivity index (χ1) is 13.5. The summed E-state index contributed by atoms with van der Waals surface area (Å²) in [6.45, 7) is 0.677. The van der Waals surface area contributed by atoms with Crippen molar-refractivity contribution in [3.63, 3.8) is 0 Å². The molecule has 0 spiro atoms. The zero-order valence-electron chi connectivity index (χ0n) is 14.7. The second-order valence-electron chi connectivity index (χ2n) is 6.37. The topological polar surface area (TPSA) is 119 Å². The Labute approximate surface area is 158 Å². The number of benzene rings is 2. The van der Waals surface area contributed by atoms with Gasteiger partial charge in [0.25, 0.3) is 17.2 Å². The highest BCUT2D eigenvalue weighted by Gasteiger charge is 2.17. The zero-order chi connectivity index (χ0) is 19.7. The molecule has 9 heteroatoms. The molecule has 0 bridgehead atoms. The lowest BCUT2D eigenvalue weighted by Gasteiger charge is -2.06. The number of nitrogens with zero attached hydrogens (tertiary/aromatic N) is 4. The Morgan fingerprint density at radius 3 is 2.79 bits per heavy atom. The third-order valence-electron chi connectivity index (χ3n) is 4.56. The van der Waals surface area contributed by atoms with Crippen LogP contribution in [-0.2, 0) is 13.0 Å². The summed E-state index contributed by atoms with van der Waals surface area (Å²) in [5.41, 5.74) is 3.73. The Balaban J connectivity index is 1.51. The number of aromatic nitrogens is 2. The van der Waals surface area contributed by atoms with Crippen molar-refractivity contribution in [2.45, 2.75) is 19.4 Å². The van der Waals surface area contributed by atoms with E-state index >= 15 is 0 Å². The van der Waals surface area contributed by atoms with Crippen molar-refractivity contribution in [1.29, 1.82) is 0 Å². The minimum absolute atomic E-state index is 0.0211. The number of hydrogen-bond acceptors (Lipinski definition) is 6. The van der Waals surface area contributed by atoms with Gasteiger partial charge in [0.05, 0.1) is 22.0 Å². The maximum atomic E-state index is 12.5. The molecule has 0 aliphatic carbocycles. The molecule has 28 heavy (non-hydrogen) atoms. The fourth-order valence-corrected chi connectivity index (χ4v) is 3.14. The van der Waals surface area contributed by atoms with Gasteiger partial charge in [-0.1, -0.05) is 0 Å². The van der Waals surface area contributed by atoms with Gasteiger partial charge in [0.1, 0.15) is 5.82 Å². The van der Waals surface area contributed by atoms with Gasteiger partial charge in [-0.3, -0.25) is 24.3 Å². The van der Waals surface area contributed by atoms with Gasteiger partial charge < -0.3 is 0 Å². The summed E-state index contributed by atoms with van der Waals surface area (Å²) in [7, 11) is 0. The van der Waals surface area contributed by atoms with E-state index in [4.69, 9.17) is 0 Å². The number of hydrogen-bond donors (Lipinski definition) is 1. The average molecular weight is 377 g/mol. The summed E-state index contributed by atoms with van der Waals surface area (Å²) in [6, 6.07) is 10.5. The van der Waals surface area contributed by atoms with Gasteiger partial charge in [-0.2, -0.15) is 5.10 Å². The number of nitro benzene ring substituents is 1. The van der Waals surface area contributed by atoms with Crippen LogP contribution in [0.3, 0.4) is 0 Å². The van der Waals surface area contributed by atoms with Gasteiger partial charge >= 0.3 is 0 Å². The van der Waals surface area contributed by atoms with E-state index in [0.717, 1.165) is 18.7 Å². The number of nitrogens with one attached hydrogen (secondary N) is 1. The number of hydrazone groups is 1. The number of aryl methyl sites for hydroxylation is 1. The van der Waals surface area contributed by atoms with Gasteiger partial charge in [-0.25, -0.2) is 10.4 Å². The summed E-state index contributed by atoms with van der Waals surface area (Å²) in [5, 5.41) is 15.0. The standard InChI is InChI=1S/C19H15N5O4/c25-18(22-20-11-12-3-6-14(7-4-12)24(27)28)13-5-8-15-16(10-13)21-17-2-1-9-23(17)19(15)26/h3-8,10-11H,1-2,9H2,(H,22,25)/b20-11-. The molecule has 2 aromatic carbocycles. The van der Waals surface area contributed by atoms with Gasteiger partial charge in [0.2, 0.25) is 0 Å². The minimum atomic E-state index is -0.488. The second kappa shape index (κ2) is 7.03. The first-order valence-electron chi connectivity index (χ1n) is 8.64. The molecule has 0 fully saturated rings. The van der Waals surface area contributed by atoms with Crippen LogP contribution in [0.1, 0.15) is 28.2 Å². The number of amides is 1. The van der Waals surface area contributed by atoms with E-state index in [0.29, 0.717) is 28.6 Å².